The number of fused-ring (bicyclic) bond motifs is 1. The van der Waals surface area contributed by atoms with Gasteiger partial charge >= 0.3 is 5.97 Å². The number of carbonyl (C=O) groups excluding carboxylic acids is 1. The molecule has 0 atom stereocenters. The molecule has 8 heteroatoms. The van der Waals surface area contributed by atoms with Crippen molar-refractivity contribution < 1.29 is 14.7 Å². The van der Waals surface area contributed by atoms with Gasteiger partial charge < -0.3 is 10.4 Å². The number of pyridine rings is 1. The van der Waals surface area contributed by atoms with Crippen molar-refractivity contribution in [1.82, 2.24) is 20.1 Å². The molecule has 3 aromatic heterocycles. The highest BCUT2D eigenvalue weighted by molar-refractivity contribution is 7.13. The zero-order chi connectivity index (χ0) is 17.4. The minimum atomic E-state index is -0.963. The molecule has 0 aromatic carbocycles. The molecule has 0 saturated carbocycles. The number of carbonyl (C=O) groups is 2. The number of aromatic carboxylic acids is 1. The van der Waals surface area contributed by atoms with Crippen molar-refractivity contribution in [1.29, 1.82) is 0 Å². The second-order valence-electron chi connectivity index (χ2n) is 5.47. The molecule has 3 rings (SSSR count). The first-order valence-corrected chi connectivity index (χ1v) is 8.09. The van der Waals surface area contributed by atoms with Gasteiger partial charge in [0.25, 0.3) is 5.91 Å². The normalized spacial score (nSPS) is 11.0. The molecular weight excluding hydrogens is 328 g/mol. The van der Waals surface area contributed by atoms with E-state index in [1.54, 1.807) is 23.9 Å². The summed E-state index contributed by atoms with van der Waals surface area (Å²) in [5.74, 6) is -1.19. The number of aromatic nitrogens is 3. The van der Waals surface area contributed by atoms with Crippen LogP contribution in [0.25, 0.3) is 11.0 Å². The fourth-order valence-corrected chi connectivity index (χ4v) is 3.39. The van der Waals surface area contributed by atoms with Gasteiger partial charge in [-0.1, -0.05) is 0 Å². The maximum Gasteiger partial charge on any atom is 0.345 e. The molecule has 0 aliphatic rings. The quantitative estimate of drug-likeness (QED) is 0.757. The van der Waals surface area contributed by atoms with Crippen molar-refractivity contribution in [3.05, 3.63) is 44.9 Å². The van der Waals surface area contributed by atoms with Gasteiger partial charge in [-0.05, 0) is 32.0 Å². The van der Waals surface area contributed by atoms with Crippen LogP contribution in [-0.2, 0) is 13.6 Å². The lowest BCUT2D eigenvalue weighted by Crippen LogP contribution is -2.23. The fraction of sp³-hybridized carbons (Fsp3) is 0.250. The predicted molar refractivity (Wildman–Crippen MR) is 90.4 cm³/mol. The third kappa shape index (κ3) is 2.88. The number of carboxylic acids is 1. The molecule has 7 nitrogen and oxygen atoms in total. The lowest BCUT2D eigenvalue weighted by molar-refractivity contribution is 0.0702. The van der Waals surface area contributed by atoms with E-state index < -0.39 is 5.97 Å². The maximum atomic E-state index is 12.6. The first-order chi connectivity index (χ1) is 11.4. The highest BCUT2D eigenvalue weighted by atomic mass is 32.1. The van der Waals surface area contributed by atoms with E-state index in [1.807, 2.05) is 13.8 Å². The van der Waals surface area contributed by atoms with E-state index in [1.165, 1.54) is 6.07 Å². The molecule has 0 saturated heterocycles. The van der Waals surface area contributed by atoms with Crippen molar-refractivity contribution in [2.45, 2.75) is 20.4 Å². The Morgan fingerprint density at radius 3 is 2.75 bits per heavy atom. The Bertz CT molecular complexity index is 958. The van der Waals surface area contributed by atoms with Crippen LogP contribution in [0.2, 0.25) is 0 Å². The second kappa shape index (κ2) is 6.04. The van der Waals surface area contributed by atoms with Gasteiger partial charge in [0.1, 0.15) is 4.88 Å². The van der Waals surface area contributed by atoms with Gasteiger partial charge in [0.05, 0.1) is 23.2 Å². The fourth-order valence-electron chi connectivity index (χ4n) is 2.60. The monoisotopic (exact) mass is 344 g/mol. The summed E-state index contributed by atoms with van der Waals surface area (Å²) in [4.78, 5) is 29.0. The molecule has 0 aliphatic heterocycles. The molecule has 124 valence electrons. The summed E-state index contributed by atoms with van der Waals surface area (Å²) in [5, 5.41) is 16.8. The molecule has 3 aromatic rings. The molecule has 0 fully saturated rings. The molecule has 2 N–H and O–H groups in total. The van der Waals surface area contributed by atoms with Crippen LogP contribution in [0, 0.1) is 13.8 Å². The minimum absolute atomic E-state index is 0.230. The van der Waals surface area contributed by atoms with Crippen molar-refractivity contribution in [3.8, 4) is 0 Å². The predicted octanol–water partition coefficient (Wildman–Crippen LogP) is 2.27. The van der Waals surface area contributed by atoms with Crippen molar-refractivity contribution in [2.75, 3.05) is 0 Å². The smallest absolute Gasteiger partial charge is 0.345 e. The molecular formula is C16H16N4O3S. The van der Waals surface area contributed by atoms with Crippen LogP contribution in [0.3, 0.4) is 0 Å². The summed E-state index contributed by atoms with van der Waals surface area (Å²) in [5.41, 5.74) is 2.68. The van der Waals surface area contributed by atoms with E-state index in [9.17, 15) is 9.59 Å². The first-order valence-electron chi connectivity index (χ1n) is 7.28. The lowest BCUT2D eigenvalue weighted by atomic mass is 10.1. The standard InChI is InChI=1S/C16H16N4O3S/c1-8-6-11(13-9(2)19-20(3)14(13)18-8)15(21)17-7-10-4-5-12(24-10)16(22)23/h4-6H,7H2,1-3H3,(H,17,21)(H,22,23). The molecule has 0 radical (unpaired) electrons. The Morgan fingerprint density at radius 1 is 1.33 bits per heavy atom. The van der Waals surface area contributed by atoms with Crippen molar-refractivity contribution in [2.24, 2.45) is 7.05 Å². The van der Waals surface area contributed by atoms with Gasteiger partial charge in [-0.3, -0.25) is 9.48 Å². The second-order valence-corrected chi connectivity index (χ2v) is 6.64. The number of amides is 1. The lowest BCUT2D eigenvalue weighted by Gasteiger charge is -2.07. The first kappa shape index (κ1) is 16.1. The van der Waals surface area contributed by atoms with E-state index in [4.69, 9.17) is 5.11 Å². The van der Waals surface area contributed by atoms with Gasteiger partial charge in [-0.15, -0.1) is 11.3 Å². The van der Waals surface area contributed by atoms with E-state index in [2.05, 4.69) is 15.4 Å². The summed E-state index contributed by atoms with van der Waals surface area (Å²) in [6, 6.07) is 4.98. The molecule has 0 unspecified atom stereocenters. The number of nitrogens with zero attached hydrogens (tertiary/aromatic N) is 3. The van der Waals surface area contributed by atoms with Gasteiger partial charge in [0.2, 0.25) is 0 Å². The molecule has 0 aliphatic carbocycles. The van der Waals surface area contributed by atoms with Gasteiger partial charge in [-0.2, -0.15) is 5.10 Å². The third-order valence-electron chi connectivity index (χ3n) is 3.64. The number of hydrogen-bond donors (Lipinski definition) is 2. The van der Waals surface area contributed by atoms with Gasteiger partial charge in [-0.25, -0.2) is 9.78 Å². The summed E-state index contributed by atoms with van der Waals surface area (Å²) in [7, 11) is 1.79. The third-order valence-corrected chi connectivity index (χ3v) is 4.71. The van der Waals surface area contributed by atoms with Crippen LogP contribution < -0.4 is 5.32 Å². The Hall–Kier alpha value is -2.74. The summed E-state index contributed by atoms with van der Waals surface area (Å²) in [6.07, 6.45) is 0. The van der Waals surface area contributed by atoms with Gasteiger partial charge in [0, 0.05) is 17.6 Å². The average Bonchev–Trinajstić information content (AvgIpc) is 3.10. The minimum Gasteiger partial charge on any atom is -0.477 e. The van der Waals surface area contributed by atoms with Crippen LogP contribution >= 0.6 is 11.3 Å². The number of hydrogen-bond acceptors (Lipinski definition) is 5. The number of thiophene rings is 1. The Balaban J connectivity index is 1.87. The highest BCUT2D eigenvalue weighted by Crippen LogP contribution is 2.22. The topological polar surface area (TPSA) is 97.1 Å². The molecule has 24 heavy (non-hydrogen) atoms. The molecule has 1 amide bonds. The number of aryl methyl sites for hydroxylation is 3. The maximum absolute atomic E-state index is 12.6. The highest BCUT2D eigenvalue weighted by Gasteiger charge is 2.18. The van der Waals surface area contributed by atoms with Crippen LogP contribution in [0.1, 0.15) is 36.3 Å². The van der Waals surface area contributed by atoms with Crippen LogP contribution in [0.15, 0.2) is 18.2 Å². The SMILES string of the molecule is Cc1cc(C(=O)NCc2ccc(C(=O)O)s2)c2c(C)nn(C)c2n1. The Kier molecular flexibility index (Phi) is 4.06. The molecule has 3 heterocycles. The number of rotatable bonds is 4. The van der Waals surface area contributed by atoms with Crippen LogP contribution in [0.4, 0.5) is 0 Å². The van der Waals surface area contributed by atoms with Crippen molar-refractivity contribution in [3.63, 3.8) is 0 Å². The number of carboxylic acid groups (broad SMARTS) is 1. The number of nitrogens with one attached hydrogen (secondary N) is 1. The zero-order valence-electron chi connectivity index (χ0n) is 13.5. The summed E-state index contributed by atoms with van der Waals surface area (Å²) in [6.45, 7) is 3.95. The molecule has 0 spiro atoms. The van der Waals surface area contributed by atoms with Crippen LogP contribution in [-0.4, -0.2) is 31.7 Å². The Morgan fingerprint density at radius 2 is 2.08 bits per heavy atom. The zero-order valence-corrected chi connectivity index (χ0v) is 14.3. The molecule has 0 bridgehead atoms. The van der Waals surface area contributed by atoms with E-state index in [-0.39, 0.29) is 17.3 Å². The largest absolute Gasteiger partial charge is 0.477 e. The van der Waals surface area contributed by atoms with E-state index in [0.29, 0.717) is 11.2 Å². The van der Waals surface area contributed by atoms with Crippen molar-refractivity contribution >= 4 is 34.2 Å². The average molecular weight is 344 g/mol. The Labute approximate surface area is 141 Å². The summed E-state index contributed by atoms with van der Waals surface area (Å²) < 4.78 is 1.66. The van der Waals surface area contributed by atoms with Crippen LogP contribution in [0.5, 0.6) is 0 Å². The van der Waals surface area contributed by atoms with Gasteiger partial charge in [0.15, 0.2) is 5.65 Å². The van der Waals surface area contributed by atoms with E-state index >= 15 is 0 Å². The summed E-state index contributed by atoms with van der Waals surface area (Å²) >= 11 is 1.15. The van der Waals surface area contributed by atoms with E-state index in [0.717, 1.165) is 33.0 Å².